The Labute approximate surface area is 268 Å². The minimum Gasteiger partial charge on any atom is -0.455 e. The summed E-state index contributed by atoms with van der Waals surface area (Å²) < 4.78 is 6.74. The molecule has 0 amide bonds. The highest BCUT2D eigenvalue weighted by atomic mass is 16.3. The van der Waals surface area contributed by atoms with Crippen molar-refractivity contribution >= 4 is 82.1 Å². The monoisotopic (exact) mass is 591 g/mol. The number of furan rings is 1. The van der Waals surface area contributed by atoms with Gasteiger partial charge in [-0.3, -0.25) is 0 Å². The Kier molecular flexibility index (Phi) is 5.95. The lowest BCUT2D eigenvalue weighted by molar-refractivity contribution is 0.673. The highest BCUT2D eigenvalue weighted by Crippen LogP contribution is 2.45. The van der Waals surface area contributed by atoms with Crippen LogP contribution in [0.4, 0.5) is 17.1 Å². The summed E-state index contributed by atoms with van der Waals surface area (Å²) in [6.45, 7) is 6.68. The maximum atomic E-state index is 6.74. The fourth-order valence-electron chi connectivity index (χ4n) is 7.42. The minimum atomic E-state index is 0.484. The number of anilines is 3. The molecule has 0 bridgehead atoms. The van der Waals surface area contributed by atoms with E-state index in [1.807, 2.05) is 0 Å². The normalized spacial score (nSPS) is 12.0. The second-order valence-corrected chi connectivity index (χ2v) is 12.8. The van der Waals surface area contributed by atoms with Gasteiger partial charge in [0.2, 0.25) is 0 Å². The molecule has 0 unspecified atom stereocenters. The van der Waals surface area contributed by atoms with Crippen LogP contribution in [0.15, 0.2) is 144 Å². The summed E-state index contributed by atoms with van der Waals surface area (Å²) in [6, 6.07) is 50.9. The van der Waals surface area contributed by atoms with E-state index in [-0.39, 0.29) is 0 Å². The van der Waals surface area contributed by atoms with Crippen LogP contribution in [-0.4, -0.2) is 0 Å². The number of hydrogen-bond acceptors (Lipinski definition) is 2. The van der Waals surface area contributed by atoms with Crippen LogP contribution in [0.25, 0.3) is 65.0 Å². The molecule has 0 aliphatic carbocycles. The predicted molar refractivity (Wildman–Crippen MR) is 197 cm³/mol. The molecule has 1 aromatic heterocycles. The molecular weight excluding hydrogens is 558 g/mol. The van der Waals surface area contributed by atoms with Gasteiger partial charge in [-0.15, -0.1) is 0 Å². The molecule has 0 saturated heterocycles. The Balaban J connectivity index is 1.34. The first-order chi connectivity index (χ1) is 22.6. The van der Waals surface area contributed by atoms with E-state index in [2.05, 4.69) is 165 Å². The van der Waals surface area contributed by atoms with Crippen LogP contribution in [0.3, 0.4) is 0 Å². The molecule has 2 heteroatoms. The summed E-state index contributed by atoms with van der Waals surface area (Å²) in [6.07, 6.45) is 0. The van der Waals surface area contributed by atoms with Gasteiger partial charge in [-0.1, -0.05) is 111 Å². The molecule has 0 saturated carbocycles. The molecule has 1 heterocycles. The van der Waals surface area contributed by atoms with Gasteiger partial charge >= 0.3 is 0 Å². The largest absolute Gasteiger partial charge is 0.455 e. The maximum absolute atomic E-state index is 6.74. The Hall–Kier alpha value is -5.60. The fourth-order valence-corrected chi connectivity index (χ4v) is 7.42. The molecule has 0 aliphatic rings. The predicted octanol–water partition coefficient (Wildman–Crippen LogP) is 13.1. The average molecular weight is 592 g/mol. The third-order valence-electron chi connectivity index (χ3n) is 9.74. The zero-order valence-corrected chi connectivity index (χ0v) is 26.2. The highest BCUT2D eigenvalue weighted by molar-refractivity contribution is 6.34. The third-order valence-corrected chi connectivity index (χ3v) is 9.74. The van der Waals surface area contributed by atoms with E-state index in [9.17, 15) is 0 Å². The van der Waals surface area contributed by atoms with Crippen LogP contribution >= 0.6 is 0 Å². The van der Waals surface area contributed by atoms with Crippen molar-refractivity contribution in [1.29, 1.82) is 0 Å². The number of aryl methyl sites for hydroxylation is 1. The second kappa shape index (κ2) is 10.2. The number of benzene rings is 8. The number of hydrogen-bond donors (Lipinski definition) is 0. The van der Waals surface area contributed by atoms with E-state index in [1.54, 1.807) is 0 Å². The van der Waals surface area contributed by atoms with E-state index < -0.39 is 0 Å². The van der Waals surface area contributed by atoms with E-state index in [4.69, 9.17) is 4.42 Å². The zero-order chi connectivity index (χ0) is 30.9. The van der Waals surface area contributed by atoms with Gasteiger partial charge in [0.15, 0.2) is 0 Å². The summed E-state index contributed by atoms with van der Waals surface area (Å²) in [5, 5.41) is 12.1. The Morgan fingerprint density at radius 3 is 1.93 bits per heavy atom. The van der Waals surface area contributed by atoms with E-state index in [0.717, 1.165) is 27.9 Å². The van der Waals surface area contributed by atoms with Crippen molar-refractivity contribution in [3.63, 3.8) is 0 Å². The van der Waals surface area contributed by atoms with Gasteiger partial charge in [0.25, 0.3) is 0 Å². The summed E-state index contributed by atoms with van der Waals surface area (Å²) in [7, 11) is 0. The van der Waals surface area contributed by atoms with E-state index in [0.29, 0.717) is 5.92 Å². The van der Waals surface area contributed by atoms with Crippen molar-refractivity contribution in [2.45, 2.75) is 26.7 Å². The van der Waals surface area contributed by atoms with Gasteiger partial charge in [-0.2, -0.15) is 0 Å². The lowest BCUT2D eigenvalue weighted by Crippen LogP contribution is -2.11. The molecule has 0 fully saturated rings. The van der Waals surface area contributed by atoms with Crippen LogP contribution in [0.5, 0.6) is 0 Å². The van der Waals surface area contributed by atoms with Gasteiger partial charge in [0.1, 0.15) is 11.2 Å². The molecule has 46 heavy (non-hydrogen) atoms. The third kappa shape index (κ3) is 3.96. The molecule has 0 atom stereocenters. The Morgan fingerprint density at radius 1 is 0.500 bits per heavy atom. The summed E-state index contributed by atoms with van der Waals surface area (Å²) in [5.74, 6) is 0.484. The Morgan fingerprint density at radius 2 is 1.13 bits per heavy atom. The van der Waals surface area contributed by atoms with Crippen molar-refractivity contribution in [2.75, 3.05) is 4.90 Å². The molecule has 220 valence electrons. The first kappa shape index (κ1) is 26.8. The molecular formula is C44H33NO. The van der Waals surface area contributed by atoms with Gasteiger partial charge in [-0.25, -0.2) is 0 Å². The number of fused-ring (bicyclic) bond motifs is 12. The SMILES string of the molecule is Cc1ccccc1N(c1ccc(C(C)C)cc1)c1ccc2c(c1)c1ccccc1c1c2ccc2c1oc1ccc3ccccc3c12. The lowest BCUT2D eigenvalue weighted by atomic mass is 9.92. The van der Waals surface area contributed by atoms with Crippen LogP contribution in [0.2, 0.25) is 0 Å². The van der Waals surface area contributed by atoms with Crippen LogP contribution < -0.4 is 4.90 Å². The molecule has 0 radical (unpaired) electrons. The van der Waals surface area contributed by atoms with Gasteiger partial charge in [-0.05, 0) is 104 Å². The molecule has 0 N–H and O–H groups in total. The van der Waals surface area contributed by atoms with E-state index in [1.165, 1.54) is 65.3 Å². The summed E-state index contributed by atoms with van der Waals surface area (Å²) >= 11 is 0. The fraction of sp³-hybridized carbons (Fsp3) is 0.0909. The van der Waals surface area contributed by atoms with Crippen LogP contribution in [-0.2, 0) is 0 Å². The van der Waals surface area contributed by atoms with Crippen molar-refractivity contribution in [3.05, 3.63) is 151 Å². The molecule has 0 aliphatic heterocycles. The smallest absolute Gasteiger partial charge is 0.143 e. The Bertz CT molecular complexity index is 2600. The zero-order valence-electron chi connectivity index (χ0n) is 26.2. The first-order valence-electron chi connectivity index (χ1n) is 16.1. The number of nitrogens with zero attached hydrogens (tertiary/aromatic N) is 1. The number of rotatable bonds is 4. The average Bonchev–Trinajstić information content (AvgIpc) is 3.49. The number of para-hydroxylation sites is 1. The first-order valence-corrected chi connectivity index (χ1v) is 16.1. The van der Waals surface area contributed by atoms with Crippen molar-refractivity contribution in [1.82, 2.24) is 0 Å². The minimum absolute atomic E-state index is 0.484. The summed E-state index contributed by atoms with van der Waals surface area (Å²) in [4.78, 5) is 2.39. The molecule has 9 rings (SSSR count). The summed E-state index contributed by atoms with van der Waals surface area (Å²) in [5.41, 5.74) is 7.93. The van der Waals surface area contributed by atoms with Crippen molar-refractivity contribution in [2.24, 2.45) is 0 Å². The van der Waals surface area contributed by atoms with Gasteiger partial charge < -0.3 is 9.32 Å². The molecule has 2 nitrogen and oxygen atoms in total. The quantitative estimate of drug-likeness (QED) is 0.189. The van der Waals surface area contributed by atoms with E-state index >= 15 is 0 Å². The highest BCUT2D eigenvalue weighted by Gasteiger charge is 2.20. The standard InChI is InChI=1S/C44H33NO/c1-27(2)29-16-19-31(20-17-29)45(40-15-9-4-10-28(40)3)32-21-22-35-37-23-24-38-42-33-12-6-5-11-30(33)18-25-41(42)46-44(38)43(37)36-14-8-7-13-34(36)39(35)26-32/h4-27H,1-3H3. The van der Waals surface area contributed by atoms with Crippen LogP contribution in [0.1, 0.15) is 30.9 Å². The van der Waals surface area contributed by atoms with Gasteiger partial charge in [0.05, 0.1) is 0 Å². The van der Waals surface area contributed by atoms with Gasteiger partial charge in [0, 0.05) is 33.2 Å². The van der Waals surface area contributed by atoms with Crippen LogP contribution in [0, 0.1) is 6.92 Å². The maximum Gasteiger partial charge on any atom is 0.143 e. The topological polar surface area (TPSA) is 16.4 Å². The van der Waals surface area contributed by atoms with Crippen molar-refractivity contribution in [3.8, 4) is 0 Å². The molecule has 8 aromatic carbocycles. The second-order valence-electron chi connectivity index (χ2n) is 12.8. The lowest BCUT2D eigenvalue weighted by Gasteiger charge is -2.28. The van der Waals surface area contributed by atoms with Crippen molar-refractivity contribution < 1.29 is 4.42 Å². The molecule has 0 spiro atoms. The molecule has 9 aromatic rings.